The molecule has 3 heterocycles. The van der Waals surface area contributed by atoms with Crippen molar-refractivity contribution < 1.29 is 9.53 Å². The van der Waals surface area contributed by atoms with Gasteiger partial charge in [0.2, 0.25) is 0 Å². The van der Waals surface area contributed by atoms with Gasteiger partial charge in [-0.1, -0.05) is 0 Å². The maximum Gasteiger partial charge on any atom is 0.409 e. The molecular weight excluding hydrogens is 304 g/mol. The maximum atomic E-state index is 11.9. The van der Waals surface area contributed by atoms with Crippen LogP contribution in [0.1, 0.15) is 50.6 Å². The second kappa shape index (κ2) is 8.01. The van der Waals surface area contributed by atoms with Crippen LogP contribution < -0.4 is 0 Å². The van der Waals surface area contributed by atoms with Gasteiger partial charge in [0, 0.05) is 38.3 Å². The van der Waals surface area contributed by atoms with Gasteiger partial charge in [-0.3, -0.25) is 4.68 Å². The van der Waals surface area contributed by atoms with Crippen molar-refractivity contribution >= 4 is 6.09 Å². The molecule has 2 aliphatic rings. The second-order valence-electron chi connectivity index (χ2n) is 7.00. The Morgan fingerprint density at radius 3 is 2.67 bits per heavy atom. The van der Waals surface area contributed by atoms with E-state index < -0.39 is 0 Å². The summed E-state index contributed by atoms with van der Waals surface area (Å²) in [5.74, 6) is 0.601. The third kappa shape index (κ3) is 4.09. The predicted molar refractivity (Wildman–Crippen MR) is 93.0 cm³/mol. The number of ether oxygens (including phenoxy) is 1. The predicted octanol–water partition coefficient (Wildman–Crippen LogP) is 2.61. The Balaban J connectivity index is 1.49. The van der Waals surface area contributed by atoms with Crippen molar-refractivity contribution in [1.82, 2.24) is 19.6 Å². The number of carbonyl (C=O) groups is 1. The quantitative estimate of drug-likeness (QED) is 0.853. The first-order chi connectivity index (χ1) is 11.7. The van der Waals surface area contributed by atoms with Gasteiger partial charge in [0.1, 0.15) is 0 Å². The monoisotopic (exact) mass is 334 g/mol. The molecule has 1 atom stereocenters. The van der Waals surface area contributed by atoms with E-state index in [0.717, 1.165) is 39.0 Å². The number of hydrogen-bond donors (Lipinski definition) is 0. The minimum Gasteiger partial charge on any atom is -0.450 e. The number of piperidine rings is 1. The molecule has 0 aliphatic carbocycles. The summed E-state index contributed by atoms with van der Waals surface area (Å²) in [6.45, 7) is 6.27. The Morgan fingerprint density at radius 2 is 2.00 bits per heavy atom. The molecule has 2 fully saturated rings. The van der Waals surface area contributed by atoms with E-state index in [0.29, 0.717) is 18.6 Å². The summed E-state index contributed by atoms with van der Waals surface area (Å²) < 4.78 is 7.05. The summed E-state index contributed by atoms with van der Waals surface area (Å²) in [4.78, 5) is 16.4. The number of nitrogens with zero attached hydrogens (tertiary/aromatic N) is 4. The molecule has 0 bridgehead atoms. The van der Waals surface area contributed by atoms with Crippen LogP contribution in [0.4, 0.5) is 4.79 Å². The van der Waals surface area contributed by atoms with Crippen LogP contribution in [-0.4, -0.2) is 64.5 Å². The molecule has 134 valence electrons. The molecule has 2 aliphatic heterocycles. The van der Waals surface area contributed by atoms with Crippen molar-refractivity contribution in [2.24, 2.45) is 7.05 Å². The average Bonchev–Trinajstić information content (AvgIpc) is 2.88. The van der Waals surface area contributed by atoms with Gasteiger partial charge in [-0.15, -0.1) is 0 Å². The lowest BCUT2D eigenvalue weighted by Gasteiger charge is -2.37. The molecule has 6 nitrogen and oxygen atoms in total. The highest BCUT2D eigenvalue weighted by Crippen LogP contribution is 2.29. The van der Waals surface area contributed by atoms with Crippen LogP contribution in [0.5, 0.6) is 0 Å². The van der Waals surface area contributed by atoms with Crippen molar-refractivity contribution in [3.05, 3.63) is 18.0 Å². The average molecular weight is 334 g/mol. The molecule has 0 spiro atoms. The third-order valence-corrected chi connectivity index (χ3v) is 5.42. The van der Waals surface area contributed by atoms with Gasteiger partial charge in [-0.05, 0) is 58.2 Å². The molecule has 1 aromatic rings. The van der Waals surface area contributed by atoms with Gasteiger partial charge < -0.3 is 14.5 Å². The van der Waals surface area contributed by atoms with Crippen LogP contribution in [-0.2, 0) is 11.8 Å². The number of amides is 1. The fourth-order valence-corrected chi connectivity index (χ4v) is 4.05. The van der Waals surface area contributed by atoms with Crippen LogP contribution in [0.25, 0.3) is 0 Å². The van der Waals surface area contributed by atoms with Crippen molar-refractivity contribution in [1.29, 1.82) is 0 Å². The standard InChI is InChI=1S/C18H30N4O2/c1-3-24-18(23)22-10-4-5-16(8-14-22)21-12-6-15(7-13-21)17-9-11-20(2)19-17/h9,11,15-16H,3-8,10,12-14H2,1-2H3. The zero-order chi connectivity index (χ0) is 16.9. The molecule has 2 saturated heterocycles. The number of rotatable bonds is 3. The van der Waals surface area contributed by atoms with Crippen LogP contribution >= 0.6 is 0 Å². The van der Waals surface area contributed by atoms with E-state index in [4.69, 9.17) is 4.74 Å². The van der Waals surface area contributed by atoms with E-state index in [1.165, 1.54) is 25.0 Å². The molecule has 0 radical (unpaired) electrons. The van der Waals surface area contributed by atoms with Crippen molar-refractivity contribution in [2.45, 2.75) is 51.0 Å². The molecular formula is C18H30N4O2. The summed E-state index contributed by atoms with van der Waals surface area (Å²) in [7, 11) is 1.99. The van der Waals surface area contributed by atoms with Crippen LogP contribution in [0.15, 0.2) is 12.3 Å². The Morgan fingerprint density at radius 1 is 1.21 bits per heavy atom. The lowest BCUT2D eigenvalue weighted by Crippen LogP contribution is -2.41. The Labute approximate surface area is 144 Å². The molecule has 6 heteroatoms. The van der Waals surface area contributed by atoms with E-state index in [2.05, 4.69) is 16.1 Å². The topological polar surface area (TPSA) is 50.6 Å². The van der Waals surface area contributed by atoms with E-state index in [1.54, 1.807) is 0 Å². The van der Waals surface area contributed by atoms with Gasteiger partial charge >= 0.3 is 6.09 Å². The lowest BCUT2D eigenvalue weighted by atomic mass is 9.92. The van der Waals surface area contributed by atoms with E-state index >= 15 is 0 Å². The number of aryl methyl sites for hydroxylation is 1. The SMILES string of the molecule is CCOC(=O)N1CCCC(N2CCC(c3ccn(C)n3)CC2)CC1. The Hall–Kier alpha value is -1.56. The fourth-order valence-electron chi connectivity index (χ4n) is 4.05. The smallest absolute Gasteiger partial charge is 0.409 e. The van der Waals surface area contributed by atoms with Crippen molar-refractivity contribution in [3.8, 4) is 0 Å². The van der Waals surface area contributed by atoms with Gasteiger partial charge in [0.25, 0.3) is 0 Å². The minimum absolute atomic E-state index is 0.146. The Kier molecular flexibility index (Phi) is 5.76. The first-order valence-corrected chi connectivity index (χ1v) is 9.32. The summed E-state index contributed by atoms with van der Waals surface area (Å²) >= 11 is 0. The Bertz CT molecular complexity index is 537. The van der Waals surface area contributed by atoms with E-state index in [1.807, 2.05) is 29.7 Å². The molecule has 24 heavy (non-hydrogen) atoms. The van der Waals surface area contributed by atoms with Gasteiger partial charge in [-0.25, -0.2) is 4.79 Å². The molecule has 0 saturated carbocycles. The number of hydrogen-bond acceptors (Lipinski definition) is 4. The number of aromatic nitrogens is 2. The fraction of sp³-hybridized carbons (Fsp3) is 0.778. The van der Waals surface area contributed by atoms with E-state index in [9.17, 15) is 4.79 Å². The first kappa shape index (κ1) is 17.3. The molecule has 1 amide bonds. The second-order valence-corrected chi connectivity index (χ2v) is 7.00. The minimum atomic E-state index is -0.146. The number of likely N-dealkylation sites (tertiary alicyclic amines) is 2. The van der Waals surface area contributed by atoms with Crippen molar-refractivity contribution in [2.75, 3.05) is 32.8 Å². The summed E-state index contributed by atoms with van der Waals surface area (Å²) in [6.07, 6.45) is 7.59. The molecule has 3 rings (SSSR count). The number of carbonyl (C=O) groups excluding carboxylic acids is 1. The van der Waals surface area contributed by atoms with Gasteiger partial charge in [0.05, 0.1) is 12.3 Å². The molecule has 1 aromatic heterocycles. The largest absolute Gasteiger partial charge is 0.450 e. The molecule has 0 N–H and O–H groups in total. The van der Waals surface area contributed by atoms with Crippen LogP contribution in [0.3, 0.4) is 0 Å². The van der Waals surface area contributed by atoms with Gasteiger partial charge in [0.15, 0.2) is 0 Å². The van der Waals surface area contributed by atoms with Crippen molar-refractivity contribution in [3.63, 3.8) is 0 Å². The summed E-state index contributed by atoms with van der Waals surface area (Å²) in [6, 6.07) is 2.76. The summed E-state index contributed by atoms with van der Waals surface area (Å²) in [5.41, 5.74) is 1.24. The zero-order valence-electron chi connectivity index (χ0n) is 15.0. The highest BCUT2D eigenvalue weighted by molar-refractivity contribution is 5.67. The van der Waals surface area contributed by atoms with Gasteiger partial charge in [-0.2, -0.15) is 5.10 Å². The van der Waals surface area contributed by atoms with Crippen LogP contribution in [0.2, 0.25) is 0 Å². The first-order valence-electron chi connectivity index (χ1n) is 9.32. The molecule has 0 aromatic carbocycles. The maximum absolute atomic E-state index is 11.9. The summed E-state index contributed by atoms with van der Waals surface area (Å²) in [5, 5.41) is 4.57. The lowest BCUT2D eigenvalue weighted by molar-refractivity contribution is 0.105. The highest BCUT2D eigenvalue weighted by atomic mass is 16.6. The molecule has 1 unspecified atom stereocenters. The normalized spacial score (nSPS) is 23.9. The van der Waals surface area contributed by atoms with Crippen LogP contribution in [0, 0.1) is 0 Å². The third-order valence-electron chi connectivity index (χ3n) is 5.42. The highest BCUT2D eigenvalue weighted by Gasteiger charge is 2.29. The van der Waals surface area contributed by atoms with E-state index in [-0.39, 0.29) is 6.09 Å². The zero-order valence-corrected chi connectivity index (χ0v) is 15.0.